The molecule has 0 aromatic carbocycles. The third-order valence-electron chi connectivity index (χ3n) is 5.39. The zero-order chi connectivity index (χ0) is 17.2. The zero-order valence-corrected chi connectivity index (χ0v) is 15.1. The van der Waals surface area contributed by atoms with Crippen LogP contribution in [-0.4, -0.2) is 60.0 Å². The number of piperidine rings is 2. The van der Waals surface area contributed by atoms with Gasteiger partial charge in [0.2, 0.25) is 5.91 Å². The number of anilines is 1. The van der Waals surface area contributed by atoms with E-state index in [2.05, 4.69) is 17.2 Å². The highest BCUT2D eigenvalue weighted by molar-refractivity contribution is 5.86. The first-order chi connectivity index (χ1) is 11.5. The average molecular weight is 331 g/mol. The summed E-state index contributed by atoms with van der Waals surface area (Å²) in [6, 6.07) is 0. The van der Waals surface area contributed by atoms with Gasteiger partial charge in [0.15, 0.2) is 0 Å². The summed E-state index contributed by atoms with van der Waals surface area (Å²) in [5.41, 5.74) is 0.686. The van der Waals surface area contributed by atoms with Crippen molar-refractivity contribution < 1.29 is 4.79 Å². The Morgan fingerprint density at radius 2 is 2.04 bits per heavy atom. The summed E-state index contributed by atoms with van der Waals surface area (Å²) in [6.07, 6.45) is 8.85. The lowest BCUT2D eigenvalue weighted by Gasteiger charge is -2.40. The lowest BCUT2D eigenvalue weighted by Crippen LogP contribution is -2.59. The zero-order valence-electron chi connectivity index (χ0n) is 15.1. The van der Waals surface area contributed by atoms with Crippen molar-refractivity contribution in [3.8, 4) is 0 Å². The normalized spacial score (nSPS) is 25.5. The highest BCUT2D eigenvalue weighted by Gasteiger charge is 2.38. The number of aromatic nitrogens is 2. The van der Waals surface area contributed by atoms with Crippen LogP contribution in [0.5, 0.6) is 0 Å². The summed E-state index contributed by atoms with van der Waals surface area (Å²) in [7, 11) is 3.96. The topological polar surface area (TPSA) is 61.4 Å². The van der Waals surface area contributed by atoms with Gasteiger partial charge in [0, 0.05) is 39.3 Å². The van der Waals surface area contributed by atoms with E-state index in [4.69, 9.17) is 4.98 Å². The van der Waals surface area contributed by atoms with E-state index >= 15 is 0 Å². The molecule has 3 rings (SSSR count). The fraction of sp³-hybridized carbons (Fsp3) is 0.722. The van der Waals surface area contributed by atoms with Crippen LogP contribution in [0.2, 0.25) is 0 Å². The van der Waals surface area contributed by atoms with Gasteiger partial charge in [0.25, 0.3) is 0 Å². The van der Waals surface area contributed by atoms with Crippen LogP contribution in [0.3, 0.4) is 0 Å². The fourth-order valence-corrected chi connectivity index (χ4v) is 3.75. The molecule has 1 aromatic heterocycles. The first-order valence-electron chi connectivity index (χ1n) is 9.03. The first-order valence-corrected chi connectivity index (χ1v) is 9.03. The standard InChI is InChI=1S/C18H29N5O/c1-18(8-4-5-9-20-18)17(24)23-10-6-14(7-11-23)15-12-19-13-16(21-15)22(2)3/h12-14,20H,4-11H2,1-3H3. The number of hydrogen-bond donors (Lipinski definition) is 1. The number of hydrogen-bond acceptors (Lipinski definition) is 5. The second-order valence-electron chi connectivity index (χ2n) is 7.48. The highest BCUT2D eigenvalue weighted by Crippen LogP contribution is 2.29. The highest BCUT2D eigenvalue weighted by atomic mass is 16.2. The van der Waals surface area contributed by atoms with Crippen molar-refractivity contribution in [1.29, 1.82) is 0 Å². The molecule has 2 aliphatic rings. The molecular formula is C18H29N5O. The smallest absolute Gasteiger partial charge is 0.242 e. The summed E-state index contributed by atoms with van der Waals surface area (Å²) in [6.45, 7) is 4.64. The average Bonchev–Trinajstić information content (AvgIpc) is 2.62. The van der Waals surface area contributed by atoms with Gasteiger partial charge >= 0.3 is 0 Å². The molecule has 1 unspecified atom stereocenters. The van der Waals surface area contributed by atoms with Crippen molar-refractivity contribution in [2.24, 2.45) is 0 Å². The second kappa shape index (κ2) is 7.05. The van der Waals surface area contributed by atoms with Crippen molar-refractivity contribution >= 4 is 11.7 Å². The summed E-state index contributed by atoms with van der Waals surface area (Å²) >= 11 is 0. The van der Waals surface area contributed by atoms with Gasteiger partial charge in [-0.05, 0) is 45.6 Å². The van der Waals surface area contributed by atoms with E-state index in [9.17, 15) is 4.79 Å². The second-order valence-corrected chi connectivity index (χ2v) is 7.48. The van der Waals surface area contributed by atoms with E-state index < -0.39 is 0 Å². The van der Waals surface area contributed by atoms with Crippen LogP contribution in [-0.2, 0) is 4.79 Å². The number of amides is 1. The lowest BCUT2D eigenvalue weighted by atomic mass is 9.87. The number of carbonyl (C=O) groups is 1. The summed E-state index contributed by atoms with van der Waals surface area (Å²) in [5.74, 6) is 1.56. The van der Waals surface area contributed by atoms with Gasteiger partial charge in [0.1, 0.15) is 5.82 Å². The Bertz CT molecular complexity index is 575. The third-order valence-corrected chi connectivity index (χ3v) is 5.39. The molecule has 0 aliphatic carbocycles. The predicted molar refractivity (Wildman–Crippen MR) is 95.2 cm³/mol. The molecule has 6 heteroatoms. The van der Waals surface area contributed by atoms with Crippen LogP contribution in [0.1, 0.15) is 50.6 Å². The number of carbonyl (C=O) groups excluding carboxylic acids is 1. The molecule has 2 fully saturated rings. The Labute approximate surface area is 144 Å². The number of nitrogens with zero attached hydrogens (tertiary/aromatic N) is 4. The van der Waals surface area contributed by atoms with Crippen molar-refractivity contribution in [2.45, 2.75) is 50.5 Å². The Balaban J connectivity index is 1.61. The Morgan fingerprint density at radius 1 is 1.29 bits per heavy atom. The summed E-state index contributed by atoms with van der Waals surface area (Å²) in [4.78, 5) is 25.9. The minimum absolute atomic E-state index is 0.272. The SMILES string of the molecule is CN(C)c1cncc(C2CCN(C(=O)C3(C)CCCCN3)CC2)n1. The minimum atomic E-state index is -0.365. The van der Waals surface area contributed by atoms with Gasteiger partial charge < -0.3 is 15.1 Å². The molecule has 24 heavy (non-hydrogen) atoms. The molecule has 0 spiro atoms. The fourth-order valence-electron chi connectivity index (χ4n) is 3.75. The molecule has 0 bridgehead atoms. The molecule has 132 valence electrons. The maximum Gasteiger partial charge on any atom is 0.242 e. The number of nitrogens with one attached hydrogen (secondary N) is 1. The molecule has 3 heterocycles. The lowest BCUT2D eigenvalue weighted by molar-refractivity contribution is -0.139. The Morgan fingerprint density at radius 3 is 2.67 bits per heavy atom. The molecule has 1 amide bonds. The summed E-state index contributed by atoms with van der Waals surface area (Å²) in [5, 5.41) is 3.44. The quantitative estimate of drug-likeness (QED) is 0.915. The van der Waals surface area contributed by atoms with Gasteiger partial charge in [0.05, 0.1) is 17.4 Å². The van der Waals surface area contributed by atoms with Crippen LogP contribution in [0.4, 0.5) is 5.82 Å². The third kappa shape index (κ3) is 3.53. The van der Waals surface area contributed by atoms with Gasteiger partial charge in [-0.2, -0.15) is 0 Å². The van der Waals surface area contributed by atoms with Crippen LogP contribution in [0, 0.1) is 0 Å². The van der Waals surface area contributed by atoms with Crippen LogP contribution in [0.25, 0.3) is 0 Å². The van der Waals surface area contributed by atoms with Crippen LogP contribution >= 0.6 is 0 Å². The van der Waals surface area contributed by atoms with E-state index in [-0.39, 0.29) is 11.4 Å². The predicted octanol–water partition coefficient (Wildman–Crippen LogP) is 1.78. The minimum Gasteiger partial charge on any atom is -0.361 e. The monoisotopic (exact) mass is 331 g/mol. The largest absolute Gasteiger partial charge is 0.361 e. The maximum absolute atomic E-state index is 12.9. The molecule has 1 atom stereocenters. The van der Waals surface area contributed by atoms with Gasteiger partial charge in [-0.3, -0.25) is 9.78 Å². The Kier molecular flexibility index (Phi) is 5.04. The van der Waals surface area contributed by atoms with Gasteiger partial charge in [-0.1, -0.05) is 0 Å². The molecule has 2 aliphatic heterocycles. The van der Waals surface area contributed by atoms with E-state index in [1.54, 1.807) is 6.20 Å². The maximum atomic E-state index is 12.9. The number of rotatable bonds is 3. The molecule has 2 saturated heterocycles. The van der Waals surface area contributed by atoms with E-state index in [1.807, 2.05) is 30.1 Å². The van der Waals surface area contributed by atoms with Gasteiger partial charge in [-0.15, -0.1) is 0 Å². The molecule has 1 aromatic rings. The summed E-state index contributed by atoms with van der Waals surface area (Å²) < 4.78 is 0. The Hall–Kier alpha value is -1.69. The van der Waals surface area contributed by atoms with Crippen molar-refractivity contribution in [2.75, 3.05) is 38.6 Å². The van der Waals surface area contributed by atoms with E-state index in [1.165, 1.54) is 6.42 Å². The molecule has 0 saturated carbocycles. The molecule has 1 N–H and O–H groups in total. The first kappa shape index (κ1) is 17.1. The molecular weight excluding hydrogens is 302 g/mol. The number of likely N-dealkylation sites (tertiary alicyclic amines) is 1. The molecule has 6 nitrogen and oxygen atoms in total. The van der Waals surface area contributed by atoms with Crippen molar-refractivity contribution in [3.05, 3.63) is 18.1 Å². The van der Waals surface area contributed by atoms with Gasteiger partial charge in [-0.25, -0.2) is 4.98 Å². The van der Waals surface area contributed by atoms with Crippen molar-refractivity contribution in [3.63, 3.8) is 0 Å². The van der Waals surface area contributed by atoms with Crippen LogP contribution in [0.15, 0.2) is 12.4 Å². The molecule has 0 radical (unpaired) electrons. The van der Waals surface area contributed by atoms with E-state index in [0.29, 0.717) is 5.92 Å². The van der Waals surface area contributed by atoms with Crippen molar-refractivity contribution in [1.82, 2.24) is 20.2 Å². The van der Waals surface area contributed by atoms with E-state index in [0.717, 1.165) is 56.8 Å². The van der Waals surface area contributed by atoms with Crippen LogP contribution < -0.4 is 10.2 Å².